The van der Waals surface area contributed by atoms with Gasteiger partial charge in [0.25, 0.3) is 0 Å². The SMILES string of the molecule is COc1ccc2c(Cc3ccc(OCCN4CCCCC4)cc3)c(N3CCC(O)CC3)ccc2c1. The summed E-state index contributed by atoms with van der Waals surface area (Å²) in [5.41, 5.74) is 3.88. The Balaban J connectivity index is 1.33. The van der Waals surface area contributed by atoms with Crippen LogP contribution in [0.25, 0.3) is 10.8 Å². The maximum Gasteiger partial charge on any atom is 0.119 e. The minimum Gasteiger partial charge on any atom is -0.497 e. The molecule has 1 N–H and O–H groups in total. The van der Waals surface area contributed by atoms with Crippen molar-refractivity contribution >= 4 is 16.5 Å². The highest BCUT2D eigenvalue weighted by molar-refractivity contribution is 5.91. The average molecular weight is 475 g/mol. The van der Waals surface area contributed by atoms with Crippen molar-refractivity contribution in [3.05, 3.63) is 65.7 Å². The van der Waals surface area contributed by atoms with Crippen LogP contribution in [0.1, 0.15) is 43.2 Å². The molecular formula is C30H38N2O3. The molecular weight excluding hydrogens is 436 g/mol. The predicted molar refractivity (Wildman–Crippen MR) is 143 cm³/mol. The molecule has 2 aliphatic heterocycles. The number of likely N-dealkylation sites (tertiary alicyclic amines) is 1. The van der Waals surface area contributed by atoms with Crippen LogP contribution in [-0.2, 0) is 6.42 Å². The molecule has 0 bridgehead atoms. The standard InChI is InChI=1S/C30H38N2O3/c1-34-27-10-11-28-24(22-27)7-12-30(32-17-13-25(33)14-18-32)29(28)21-23-5-8-26(9-6-23)35-20-19-31-15-3-2-4-16-31/h5-12,22,25,33H,2-4,13-21H2,1H3. The third kappa shape index (κ3) is 5.91. The maximum atomic E-state index is 10.0. The first-order valence-electron chi connectivity index (χ1n) is 13.2. The van der Waals surface area contributed by atoms with Gasteiger partial charge in [-0.2, -0.15) is 0 Å². The van der Waals surface area contributed by atoms with Gasteiger partial charge in [-0.1, -0.05) is 30.7 Å². The van der Waals surface area contributed by atoms with Gasteiger partial charge in [-0.25, -0.2) is 0 Å². The molecule has 2 heterocycles. The van der Waals surface area contributed by atoms with Crippen LogP contribution in [0.2, 0.25) is 0 Å². The second-order valence-corrected chi connectivity index (χ2v) is 9.94. The van der Waals surface area contributed by atoms with Gasteiger partial charge in [0.05, 0.1) is 13.2 Å². The number of hydrogen-bond acceptors (Lipinski definition) is 5. The van der Waals surface area contributed by atoms with E-state index in [-0.39, 0.29) is 6.10 Å². The largest absolute Gasteiger partial charge is 0.497 e. The van der Waals surface area contributed by atoms with Crippen LogP contribution in [0.15, 0.2) is 54.6 Å². The lowest BCUT2D eigenvalue weighted by Gasteiger charge is -2.33. The number of ether oxygens (including phenoxy) is 2. The zero-order valence-corrected chi connectivity index (χ0v) is 20.9. The minimum atomic E-state index is -0.179. The van der Waals surface area contributed by atoms with Crippen molar-refractivity contribution in [2.45, 2.75) is 44.6 Å². The summed E-state index contributed by atoms with van der Waals surface area (Å²) < 4.78 is 11.5. The van der Waals surface area contributed by atoms with Crippen LogP contribution in [0, 0.1) is 0 Å². The summed E-state index contributed by atoms with van der Waals surface area (Å²) in [4.78, 5) is 4.94. The van der Waals surface area contributed by atoms with Crippen LogP contribution >= 0.6 is 0 Å². The summed E-state index contributed by atoms with van der Waals surface area (Å²) in [5, 5.41) is 12.5. The molecule has 0 aromatic heterocycles. The highest BCUT2D eigenvalue weighted by Gasteiger charge is 2.21. The topological polar surface area (TPSA) is 45.2 Å². The normalized spacial score (nSPS) is 17.6. The summed E-state index contributed by atoms with van der Waals surface area (Å²) in [6.07, 6.45) is 6.32. The molecule has 3 aromatic rings. The number of fused-ring (bicyclic) bond motifs is 1. The van der Waals surface area contributed by atoms with Gasteiger partial charge in [-0.05, 0) is 91.0 Å². The molecule has 5 rings (SSSR count). The Hall–Kier alpha value is -2.76. The van der Waals surface area contributed by atoms with E-state index in [0.717, 1.165) is 57.0 Å². The van der Waals surface area contributed by atoms with E-state index in [1.807, 2.05) is 0 Å². The van der Waals surface area contributed by atoms with Crippen molar-refractivity contribution in [3.8, 4) is 11.5 Å². The van der Waals surface area contributed by atoms with Gasteiger partial charge in [0.15, 0.2) is 0 Å². The summed E-state index contributed by atoms with van der Waals surface area (Å²) in [7, 11) is 1.71. The quantitative estimate of drug-likeness (QED) is 0.482. The smallest absolute Gasteiger partial charge is 0.119 e. The van der Waals surface area contributed by atoms with E-state index >= 15 is 0 Å². The molecule has 2 aliphatic rings. The molecule has 0 amide bonds. The van der Waals surface area contributed by atoms with Crippen molar-refractivity contribution in [2.75, 3.05) is 51.3 Å². The van der Waals surface area contributed by atoms with E-state index in [1.54, 1.807) is 7.11 Å². The monoisotopic (exact) mass is 474 g/mol. The van der Waals surface area contributed by atoms with Gasteiger partial charge < -0.3 is 19.5 Å². The van der Waals surface area contributed by atoms with Crippen molar-refractivity contribution in [1.82, 2.24) is 4.90 Å². The van der Waals surface area contributed by atoms with E-state index in [4.69, 9.17) is 9.47 Å². The fraction of sp³-hybridized carbons (Fsp3) is 0.467. The maximum absolute atomic E-state index is 10.0. The number of hydrogen-bond donors (Lipinski definition) is 1. The Bertz CT molecular complexity index is 1100. The summed E-state index contributed by atoms with van der Waals surface area (Å²) in [6.45, 7) is 5.94. The Morgan fingerprint density at radius 1 is 0.857 bits per heavy atom. The molecule has 2 fully saturated rings. The molecule has 35 heavy (non-hydrogen) atoms. The molecule has 0 saturated carbocycles. The van der Waals surface area contributed by atoms with E-state index in [1.165, 1.54) is 59.9 Å². The first kappa shape index (κ1) is 24.0. The Morgan fingerprint density at radius 2 is 1.60 bits per heavy atom. The van der Waals surface area contributed by atoms with Gasteiger partial charge in [-0.3, -0.25) is 4.90 Å². The van der Waals surface area contributed by atoms with Crippen molar-refractivity contribution in [2.24, 2.45) is 0 Å². The second kappa shape index (κ2) is 11.3. The van der Waals surface area contributed by atoms with Gasteiger partial charge in [0, 0.05) is 31.7 Å². The lowest BCUT2D eigenvalue weighted by molar-refractivity contribution is 0.145. The third-order valence-corrected chi connectivity index (χ3v) is 7.55. The number of piperidine rings is 2. The van der Waals surface area contributed by atoms with Crippen LogP contribution in [0.3, 0.4) is 0 Å². The molecule has 0 radical (unpaired) electrons. The van der Waals surface area contributed by atoms with Gasteiger partial charge in [-0.15, -0.1) is 0 Å². The molecule has 3 aromatic carbocycles. The number of nitrogens with zero attached hydrogens (tertiary/aromatic N) is 2. The van der Waals surface area contributed by atoms with Crippen LogP contribution in [-0.4, -0.2) is 62.6 Å². The summed E-state index contributed by atoms with van der Waals surface area (Å²) in [5.74, 6) is 1.82. The molecule has 0 spiro atoms. The lowest BCUT2D eigenvalue weighted by Crippen LogP contribution is -2.36. The van der Waals surface area contributed by atoms with E-state index in [0.29, 0.717) is 0 Å². The van der Waals surface area contributed by atoms with Crippen molar-refractivity contribution < 1.29 is 14.6 Å². The summed E-state index contributed by atoms with van der Waals surface area (Å²) >= 11 is 0. The highest BCUT2D eigenvalue weighted by atomic mass is 16.5. The minimum absolute atomic E-state index is 0.179. The number of rotatable bonds is 8. The number of benzene rings is 3. The molecule has 0 unspecified atom stereocenters. The Morgan fingerprint density at radius 3 is 2.34 bits per heavy atom. The third-order valence-electron chi connectivity index (χ3n) is 7.55. The second-order valence-electron chi connectivity index (χ2n) is 9.94. The Labute approximate surface area is 209 Å². The summed E-state index contributed by atoms with van der Waals surface area (Å²) in [6, 6.07) is 19.4. The highest BCUT2D eigenvalue weighted by Crippen LogP contribution is 2.34. The fourth-order valence-electron chi connectivity index (χ4n) is 5.46. The number of aliphatic hydroxyl groups is 1. The molecule has 5 nitrogen and oxygen atoms in total. The molecule has 2 saturated heterocycles. The average Bonchev–Trinajstić information content (AvgIpc) is 2.91. The predicted octanol–water partition coefficient (Wildman–Crippen LogP) is 5.27. The lowest BCUT2D eigenvalue weighted by atomic mass is 9.94. The molecule has 0 atom stereocenters. The zero-order chi connectivity index (χ0) is 24.0. The van der Waals surface area contributed by atoms with Crippen LogP contribution in [0.5, 0.6) is 11.5 Å². The fourth-order valence-corrected chi connectivity index (χ4v) is 5.46. The first-order chi connectivity index (χ1) is 17.2. The number of methoxy groups -OCH3 is 1. The van der Waals surface area contributed by atoms with Gasteiger partial charge in [0.2, 0.25) is 0 Å². The molecule has 5 heteroatoms. The van der Waals surface area contributed by atoms with Gasteiger partial charge >= 0.3 is 0 Å². The number of anilines is 1. The van der Waals surface area contributed by atoms with E-state index in [9.17, 15) is 5.11 Å². The number of aliphatic hydroxyl groups excluding tert-OH is 1. The van der Waals surface area contributed by atoms with Gasteiger partial charge in [0.1, 0.15) is 18.1 Å². The van der Waals surface area contributed by atoms with Crippen LogP contribution < -0.4 is 14.4 Å². The van der Waals surface area contributed by atoms with E-state index < -0.39 is 0 Å². The van der Waals surface area contributed by atoms with Crippen LogP contribution in [0.4, 0.5) is 5.69 Å². The van der Waals surface area contributed by atoms with E-state index in [2.05, 4.69) is 64.4 Å². The molecule has 0 aliphatic carbocycles. The zero-order valence-electron chi connectivity index (χ0n) is 20.9. The van der Waals surface area contributed by atoms with Crippen molar-refractivity contribution in [1.29, 1.82) is 0 Å². The molecule has 186 valence electrons. The first-order valence-corrected chi connectivity index (χ1v) is 13.2. The Kier molecular flexibility index (Phi) is 7.75. The van der Waals surface area contributed by atoms with Crippen molar-refractivity contribution in [3.63, 3.8) is 0 Å².